The molecule has 0 radical (unpaired) electrons. The van der Waals surface area contributed by atoms with Crippen LogP contribution in [0.25, 0.3) is 0 Å². The van der Waals surface area contributed by atoms with Gasteiger partial charge >= 0.3 is 0 Å². The van der Waals surface area contributed by atoms with E-state index in [9.17, 15) is 4.79 Å². The van der Waals surface area contributed by atoms with Gasteiger partial charge in [0.1, 0.15) is 0 Å². The molecular weight excluding hydrogens is 424 g/mol. The monoisotopic (exact) mass is 482 g/mol. The molecule has 0 aromatic carbocycles. The summed E-state index contributed by atoms with van der Waals surface area (Å²) < 4.78 is 0. The minimum atomic E-state index is 0.167. The minimum Gasteiger partial charge on any atom is -0.295 e. The van der Waals surface area contributed by atoms with Crippen molar-refractivity contribution in [3.05, 3.63) is 11.6 Å². The third-order valence-corrected chi connectivity index (χ3v) is 13.9. The van der Waals surface area contributed by atoms with Crippen molar-refractivity contribution in [2.75, 3.05) is 0 Å². The van der Waals surface area contributed by atoms with Gasteiger partial charge in [-0.2, -0.15) is 0 Å². The molecule has 0 aromatic rings. The van der Waals surface area contributed by atoms with Gasteiger partial charge in [-0.15, -0.1) is 0 Å². The lowest BCUT2D eigenvalue weighted by molar-refractivity contribution is -0.134. The average molecular weight is 483 g/mol. The highest BCUT2D eigenvalue weighted by atomic mass is 16.1. The summed E-state index contributed by atoms with van der Waals surface area (Å²) in [6, 6.07) is 0. The number of allylic oxidation sites excluding steroid dienone is 2. The summed E-state index contributed by atoms with van der Waals surface area (Å²) in [5.74, 6) is 4.87. The Labute approximate surface area is 218 Å². The molecule has 0 N–H and O–H groups in total. The molecule has 4 aliphatic rings. The van der Waals surface area contributed by atoms with Crippen molar-refractivity contribution in [3.63, 3.8) is 0 Å². The predicted octanol–water partition coefficient (Wildman–Crippen LogP) is 9.75. The number of fused-ring (bicyclic) bond motifs is 5. The van der Waals surface area contributed by atoms with Crippen molar-refractivity contribution in [2.45, 2.75) is 128 Å². The van der Waals surface area contributed by atoms with Crippen molar-refractivity contribution >= 4 is 5.78 Å². The molecule has 3 fully saturated rings. The van der Waals surface area contributed by atoms with Crippen LogP contribution in [-0.4, -0.2) is 5.78 Å². The van der Waals surface area contributed by atoms with E-state index >= 15 is 0 Å². The molecule has 35 heavy (non-hydrogen) atoms. The first-order valence-corrected chi connectivity index (χ1v) is 15.2. The Morgan fingerprint density at radius 3 is 2.14 bits per heavy atom. The van der Waals surface area contributed by atoms with Gasteiger partial charge in [0, 0.05) is 5.92 Å². The Bertz CT molecular complexity index is 872. The summed E-state index contributed by atoms with van der Waals surface area (Å²) in [7, 11) is 0. The topological polar surface area (TPSA) is 17.1 Å². The minimum absolute atomic E-state index is 0.167. The Morgan fingerprint density at radius 2 is 1.54 bits per heavy atom. The predicted molar refractivity (Wildman–Crippen MR) is 150 cm³/mol. The molecule has 0 amide bonds. The SMILES string of the molecule is C[C@@H]1C[C@H]2C(=O)C=C3C(CC[C@]4(C)[C@@H](C(C)(C)[C@H](C)C[C@H](C)C(C)(C)C)CC[C@@]34C)[C@@]2(C)C[C@@H]1C. The standard InChI is InChI=1S/C34H58O/c1-21-17-27-28(35)19-26-25(32(27,10)20-22(21)2)13-15-34(12)29(14-16-33(26,34)11)31(8,9)24(4)18-23(3)30(5,6)7/h19,21-25,27,29H,13-18,20H2,1-12H3/t21-,22+,23+,24-,25?,27+,29-,32-,33+,34-/m1/s1. The van der Waals surface area contributed by atoms with Crippen LogP contribution >= 0.6 is 0 Å². The normalized spacial score (nSPS) is 45.8. The zero-order valence-electron chi connectivity index (χ0n) is 25.5. The van der Waals surface area contributed by atoms with Crippen LogP contribution in [0.4, 0.5) is 0 Å². The second-order valence-electron chi connectivity index (χ2n) is 16.6. The number of rotatable bonds is 4. The number of hydrogen-bond donors (Lipinski definition) is 0. The van der Waals surface area contributed by atoms with Crippen LogP contribution in [0.5, 0.6) is 0 Å². The smallest absolute Gasteiger partial charge is 0.159 e. The summed E-state index contributed by atoms with van der Waals surface area (Å²) in [6.45, 7) is 29.9. The molecule has 0 aliphatic heterocycles. The first-order valence-electron chi connectivity index (χ1n) is 15.2. The van der Waals surface area contributed by atoms with E-state index in [1.165, 1.54) is 38.5 Å². The highest BCUT2D eigenvalue weighted by Crippen LogP contribution is 2.74. The molecule has 4 aliphatic carbocycles. The maximum atomic E-state index is 13.7. The van der Waals surface area contributed by atoms with E-state index in [0.29, 0.717) is 34.4 Å². The molecule has 0 aromatic heterocycles. The third-order valence-electron chi connectivity index (χ3n) is 13.9. The van der Waals surface area contributed by atoms with Gasteiger partial charge in [0.05, 0.1) is 0 Å². The van der Waals surface area contributed by atoms with Gasteiger partial charge in [-0.1, -0.05) is 88.7 Å². The molecule has 4 rings (SSSR count). The summed E-state index contributed by atoms with van der Waals surface area (Å²) >= 11 is 0. The molecule has 10 atom stereocenters. The van der Waals surface area contributed by atoms with Crippen LogP contribution in [-0.2, 0) is 4.79 Å². The lowest BCUT2D eigenvalue weighted by atomic mass is 9.41. The number of carbonyl (C=O) groups is 1. The van der Waals surface area contributed by atoms with E-state index in [1.54, 1.807) is 5.57 Å². The van der Waals surface area contributed by atoms with Crippen molar-refractivity contribution in [2.24, 2.45) is 68.5 Å². The van der Waals surface area contributed by atoms with Crippen molar-refractivity contribution in [1.29, 1.82) is 0 Å². The molecule has 1 unspecified atom stereocenters. The molecule has 3 saturated carbocycles. The fourth-order valence-electron chi connectivity index (χ4n) is 9.99. The molecular formula is C34H58O. The fourth-order valence-corrected chi connectivity index (χ4v) is 9.99. The van der Waals surface area contributed by atoms with Gasteiger partial charge in [0.25, 0.3) is 0 Å². The molecule has 1 heteroatoms. The fraction of sp³-hybridized carbons (Fsp3) is 0.912. The van der Waals surface area contributed by atoms with Crippen LogP contribution in [0, 0.1) is 68.5 Å². The first kappa shape index (κ1) is 27.4. The number of carbonyl (C=O) groups excluding carboxylic acids is 1. The zero-order valence-corrected chi connectivity index (χ0v) is 25.5. The summed E-state index contributed by atoms with van der Waals surface area (Å²) in [6.07, 6.45) is 11.1. The van der Waals surface area contributed by atoms with Crippen LogP contribution in [0.15, 0.2) is 11.6 Å². The summed E-state index contributed by atoms with van der Waals surface area (Å²) in [5.41, 5.74) is 2.87. The average Bonchev–Trinajstić information content (AvgIpc) is 3.01. The Balaban J connectivity index is 1.67. The second kappa shape index (κ2) is 8.46. The summed E-state index contributed by atoms with van der Waals surface area (Å²) in [5, 5.41) is 0. The van der Waals surface area contributed by atoms with Gasteiger partial charge in [-0.3, -0.25) is 4.79 Å². The maximum absolute atomic E-state index is 13.7. The summed E-state index contributed by atoms with van der Waals surface area (Å²) in [4.78, 5) is 13.7. The van der Waals surface area contributed by atoms with E-state index in [-0.39, 0.29) is 22.2 Å². The van der Waals surface area contributed by atoms with Crippen molar-refractivity contribution in [3.8, 4) is 0 Å². The van der Waals surface area contributed by atoms with Gasteiger partial charge in [0.15, 0.2) is 5.78 Å². The second-order valence-corrected chi connectivity index (χ2v) is 16.6. The van der Waals surface area contributed by atoms with Gasteiger partial charge < -0.3 is 0 Å². The lowest BCUT2D eigenvalue weighted by Gasteiger charge is -2.62. The number of ketones is 1. The van der Waals surface area contributed by atoms with Gasteiger partial charge in [0.2, 0.25) is 0 Å². The largest absolute Gasteiger partial charge is 0.295 e. The highest BCUT2D eigenvalue weighted by molar-refractivity contribution is 5.94. The first-order chi connectivity index (χ1) is 15.9. The highest BCUT2D eigenvalue weighted by Gasteiger charge is 2.66. The zero-order chi connectivity index (χ0) is 26.4. The van der Waals surface area contributed by atoms with Crippen LogP contribution < -0.4 is 0 Å². The van der Waals surface area contributed by atoms with Crippen LogP contribution in [0.2, 0.25) is 0 Å². The third kappa shape index (κ3) is 3.94. The molecule has 0 spiro atoms. The quantitative estimate of drug-likeness (QED) is 0.389. The van der Waals surface area contributed by atoms with E-state index in [4.69, 9.17) is 0 Å². The van der Waals surface area contributed by atoms with Gasteiger partial charge in [-0.25, -0.2) is 0 Å². The van der Waals surface area contributed by atoms with Crippen molar-refractivity contribution in [1.82, 2.24) is 0 Å². The maximum Gasteiger partial charge on any atom is 0.159 e. The van der Waals surface area contributed by atoms with Crippen molar-refractivity contribution < 1.29 is 4.79 Å². The van der Waals surface area contributed by atoms with Crippen LogP contribution in [0.3, 0.4) is 0 Å². The lowest BCUT2D eigenvalue weighted by Crippen LogP contribution is -2.56. The Morgan fingerprint density at radius 1 is 0.914 bits per heavy atom. The van der Waals surface area contributed by atoms with Crippen LogP contribution in [0.1, 0.15) is 128 Å². The molecule has 0 saturated heterocycles. The van der Waals surface area contributed by atoms with E-state index < -0.39 is 0 Å². The molecule has 200 valence electrons. The Hall–Kier alpha value is -0.590. The van der Waals surface area contributed by atoms with Gasteiger partial charge in [-0.05, 0) is 114 Å². The number of hydrogen-bond acceptors (Lipinski definition) is 1. The Kier molecular flexibility index (Phi) is 6.63. The molecule has 0 heterocycles. The van der Waals surface area contributed by atoms with E-state index in [2.05, 4.69) is 89.2 Å². The van der Waals surface area contributed by atoms with E-state index in [1.807, 2.05) is 0 Å². The van der Waals surface area contributed by atoms with E-state index in [0.717, 1.165) is 24.2 Å². The molecule has 1 nitrogen and oxygen atoms in total. The molecule has 0 bridgehead atoms.